The Hall–Kier alpha value is -1.99. The topological polar surface area (TPSA) is 110 Å². The van der Waals surface area contributed by atoms with Crippen LogP contribution in [0.25, 0.3) is 0 Å². The standard InChI is InChI=1S/C10H11NO6/c1-17-10(14)9(13)8(12)6-4-2-3-5-7(6)11(15)16/h2-5,8-9,12-13H,1H3/t8-,9+/m0/s1. The number of ether oxygens (including phenoxy) is 1. The lowest BCUT2D eigenvalue weighted by Crippen LogP contribution is -2.29. The molecule has 2 atom stereocenters. The van der Waals surface area contributed by atoms with E-state index in [0.29, 0.717) is 0 Å². The third-order valence-electron chi connectivity index (χ3n) is 2.19. The van der Waals surface area contributed by atoms with Crippen LogP contribution in [0.1, 0.15) is 11.7 Å². The summed E-state index contributed by atoms with van der Waals surface area (Å²) in [5, 5.41) is 29.7. The van der Waals surface area contributed by atoms with E-state index in [1.807, 2.05) is 0 Å². The van der Waals surface area contributed by atoms with Crippen LogP contribution in [0.5, 0.6) is 0 Å². The summed E-state index contributed by atoms with van der Waals surface area (Å²) in [5.41, 5.74) is -0.515. The van der Waals surface area contributed by atoms with Crippen molar-refractivity contribution in [1.82, 2.24) is 0 Å². The summed E-state index contributed by atoms with van der Waals surface area (Å²) in [6.45, 7) is 0. The first-order valence-electron chi connectivity index (χ1n) is 4.66. The number of aliphatic hydroxyl groups is 2. The summed E-state index contributed by atoms with van der Waals surface area (Å²) >= 11 is 0. The van der Waals surface area contributed by atoms with Crippen LogP contribution in [-0.4, -0.2) is 34.3 Å². The van der Waals surface area contributed by atoms with Gasteiger partial charge in [0.1, 0.15) is 6.10 Å². The Morgan fingerprint density at radius 3 is 2.53 bits per heavy atom. The largest absolute Gasteiger partial charge is 0.467 e. The van der Waals surface area contributed by atoms with Gasteiger partial charge in [0.2, 0.25) is 0 Å². The zero-order valence-corrected chi connectivity index (χ0v) is 8.94. The molecule has 0 heterocycles. The lowest BCUT2D eigenvalue weighted by Gasteiger charge is -2.15. The Morgan fingerprint density at radius 2 is 2.00 bits per heavy atom. The Labute approximate surface area is 96.4 Å². The highest BCUT2D eigenvalue weighted by molar-refractivity contribution is 5.75. The number of nitro groups is 1. The second kappa shape index (κ2) is 5.37. The van der Waals surface area contributed by atoms with Crippen molar-refractivity contribution < 1.29 is 24.7 Å². The lowest BCUT2D eigenvalue weighted by atomic mass is 10.0. The van der Waals surface area contributed by atoms with Crippen LogP contribution in [0.2, 0.25) is 0 Å². The number of rotatable bonds is 4. The second-order valence-electron chi connectivity index (χ2n) is 3.23. The number of para-hydroxylation sites is 1. The van der Waals surface area contributed by atoms with Gasteiger partial charge in [0.05, 0.1) is 17.6 Å². The number of hydrogen-bond donors (Lipinski definition) is 2. The number of carbonyl (C=O) groups is 1. The number of carbonyl (C=O) groups excluding carboxylic acids is 1. The van der Waals surface area contributed by atoms with Gasteiger partial charge in [0, 0.05) is 6.07 Å². The fourth-order valence-electron chi connectivity index (χ4n) is 1.32. The third-order valence-corrected chi connectivity index (χ3v) is 2.19. The Balaban J connectivity index is 3.07. The number of benzene rings is 1. The molecule has 92 valence electrons. The maximum absolute atomic E-state index is 11.0. The van der Waals surface area contributed by atoms with Crippen LogP contribution in [0, 0.1) is 10.1 Å². The van der Waals surface area contributed by atoms with Crippen LogP contribution in [-0.2, 0) is 9.53 Å². The van der Waals surface area contributed by atoms with E-state index >= 15 is 0 Å². The number of nitrogens with zero attached hydrogens (tertiary/aromatic N) is 1. The predicted molar refractivity (Wildman–Crippen MR) is 56.1 cm³/mol. The summed E-state index contributed by atoms with van der Waals surface area (Å²) in [7, 11) is 1.04. The second-order valence-corrected chi connectivity index (χ2v) is 3.23. The van der Waals surface area contributed by atoms with Crippen molar-refractivity contribution in [3.8, 4) is 0 Å². The van der Waals surface area contributed by atoms with Gasteiger partial charge in [0.25, 0.3) is 5.69 Å². The molecule has 7 heteroatoms. The normalized spacial score (nSPS) is 13.8. The molecule has 1 aromatic carbocycles. The molecule has 0 unspecified atom stereocenters. The van der Waals surface area contributed by atoms with Crippen molar-refractivity contribution in [3.05, 3.63) is 39.9 Å². The molecule has 0 saturated heterocycles. The van der Waals surface area contributed by atoms with E-state index in [2.05, 4.69) is 4.74 Å². The monoisotopic (exact) mass is 241 g/mol. The van der Waals surface area contributed by atoms with Crippen molar-refractivity contribution >= 4 is 11.7 Å². The maximum atomic E-state index is 11.0. The van der Waals surface area contributed by atoms with E-state index in [1.54, 1.807) is 0 Å². The van der Waals surface area contributed by atoms with E-state index in [9.17, 15) is 25.1 Å². The molecule has 0 aliphatic rings. The lowest BCUT2D eigenvalue weighted by molar-refractivity contribution is -0.386. The van der Waals surface area contributed by atoms with Gasteiger partial charge in [-0.3, -0.25) is 10.1 Å². The van der Waals surface area contributed by atoms with Crippen molar-refractivity contribution in [2.24, 2.45) is 0 Å². The fourth-order valence-corrected chi connectivity index (χ4v) is 1.32. The van der Waals surface area contributed by atoms with Crippen LogP contribution in [0.4, 0.5) is 5.69 Å². The van der Waals surface area contributed by atoms with Crippen LogP contribution < -0.4 is 0 Å². The van der Waals surface area contributed by atoms with Crippen LogP contribution >= 0.6 is 0 Å². The smallest absolute Gasteiger partial charge is 0.337 e. The Morgan fingerprint density at radius 1 is 1.41 bits per heavy atom. The molecule has 0 saturated carbocycles. The molecular formula is C10H11NO6. The first-order chi connectivity index (χ1) is 7.99. The Kier molecular flexibility index (Phi) is 4.13. The van der Waals surface area contributed by atoms with Gasteiger partial charge in [-0.15, -0.1) is 0 Å². The van der Waals surface area contributed by atoms with Crippen molar-refractivity contribution in [2.75, 3.05) is 7.11 Å². The number of aliphatic hydroxyl groups excluding tert-OH is 2. The minimum Gasteiger partial charge on any atom is -0.467 e. The molecule has 0 aliphatic heterocycles. The number of nitro benzene ring substituents is 1. The maximum Gasteiger partial charge on any atom is 0.337 e. The van der Waals surface area contributed by atoms with Crippen LogP contribution in [0.15, 0.2) is 24.3 Å². The molecule has 0 amide bonds. The minimum absolute atomic E-state index is 0.143. The third kappa shape index (κ3) is 2.77. The molecular weight excluding hydrogens is 230 g/mol. The number of esters is 1. The average molecular weight is 241 g/mol. The molecule has 0 spiro atoms. The highest BCUT2D eigenvalue weighted by Crippen LogP contribution is 2.27. The molecule has 17 heavy (non-hydrogen) atoms. The van der Waals surface area contributed by atoms with Gasteiger partial charge in [-0.25, -0.2) is 4.79 Å². The average Bonchev–Trinajstić information content (AvgIpc) is 2.35. The zero-order valence-electron chi connectivity index (χ0n) is 8.94. The van der Waals surface area contributed by atoms with E-state index < -0.39 is 23.1 Å². The SMILES string of the molecule is COC(=O)[C@H](O)[C@@H](O)c1ccccc1[N+](=O)[O-]. The summed E-state index contributed by atoms with van der Waals surface area (Å²) in [6.07, 6.45) is -3.56. The first kappa shape index (κ1) is 13.1. The van der Waals surface area contributed by atoms with Crippen molar-refractivity contribution in [2.45, 2.75) is 12.2 Å². The quantitative estimate of drug-likeness (QED) is 0.441. The molecule has 1 rings (SSSR count). The predicted octanol–water partition coefficient (Wildman–Crippen LogP) is 0.162. The molecule has 0 aliphatic carbocycles. The Bertz CT molecular complexity index is 433. The number of methoxy groups -OCH3 is 1. The summed E-state index contributed by atoms with van der Waals surface area (Å²) in [4.78, 5) is 21.0. The van der Waals surface area contributed by atoms with E-state index in [4.69, 9.17) is 0 Å². The molecule has 0 fully saturated rings. The van der Waals surface area contributed by atoms with Gasteiger partial charge in [-0.05, 0) is 6.07 Å². The molecule has 7 nitrogen and oxygen atoms in total. The molecule has 1 aromatic rings. The first-order valence-corrected chi connectivity index (χ1v) is 4.66. The molecule has 0 aromatic heterocycles. The van der Waals surface area contributed by atoms with Crippen LogP contribution in [0.3, 0.4) is 0 Å². The highest BCUT2D eigenvalue weighted by atomic mass is 16.6. The summed E-state index contributed by atoms with van der Waals surface area (Å²) in [5.74, 6) is -1.06. The van der Waals surface area contributed by atoms with Gasteiger partial charge in [0.15, 0.2) is 6.10 Å². The van der Waals surface area contributed by atoms with Gasteiger partial charge >= 0.3 is 5.97 Å². The molecule has 0 radical (unpaired) electrons. The van der Waals surface area contributed by atoms with Crippen molar-refractivity contribution in [1.29, 1.82) is 0 Å². The van der Waals surface area contributed by atoms with Crippen molar-refractivity contribution in [3.63, 3.8) is 0 Å². The highest BCUT2D eigenvalue weighted by Gasteiger charge is 2.31. The van der Waals surface area contributed by atoms with Gasteiger partial charge in [-0.2, -0.15) is 0 Å². The summed E-state index contributed by atoms with van der Waals surface area (Å²) in [6, 6.07) is 5.30. The number of hydrogen-bond acceptors (Lipinski definition) is 6. The van der Waals surface area contributed by atoms with E-state index in [1.165, 1.54) is 24.3 Å². The molecule has 0 bridgehead atoms. The van der Waals surface area contributed by atoms with Gasteiger partial charge in [-0.1, -0.05) is 12.1 Å². The van der Waals surface area contributed by atoms with E-state index in [-0.39, 0.29) is 11.3 Å². The minimum atomic E-state index is -1.86. The molecule has 2 N–H and O–H groups in total. The van der Waals surface area contributed by atoms with E-state index in [0.717, 1.165) is 7.11 Å². The zero-order chi connectivity index (χ0) is 13.0. The summed E-state index contributed by atoms with van der Waals surface area (Å²) < 4.78 is 4.24. The van der Waals surface area contributed by atoms with Gasteiger partial charge < -0.3 is 14.9 Å². The fraction of sp³-hybridized carbons (Fsp3) is 0.300.